The predicted molar refractivity (Wildman–Crippen MR) is 108 cm³/mol. The highest BCUT2D eigenvalue weighted by atomic mass is 16.7. The summed E-state index contributed by atoms with van der Waals surface area (Å²) in [5, 5.41) is 0. The summed E-state index contributed by atoms with van der Waals surface area (Å²) >= 11 is 0. The van der Waals surface area contributed by atoms with E-state index in [1.165, 1.54) is 18.4 Å². The van der Waals surface area contributed by atoms with E-state index >= 15 is 0 Å². The normalized spacial score (nSPS) is 19.4. The number of piperazine rings is 1. The van der Waals surface area contributed by atoms with E-state index in [4.69, 9.17) is 15.2 Å². The van der Waals surface area contributed by atoms with Crippen LogP contribution in [-0.4, -0.2) is 60.9 Å². The van der Waals surface area contributed by atoms with Gasteiger partial charge in [0.1, 0.15) is 12.0 Å². The van der Waals surface area contributed by atoms with Crippen molar-refractivity contribution in [2.24, 2.45) is 0 Å². The van der Waals surface area contributed by atoms with Gasteiger partial charge in [-0.05, 0) is 30.5 Å². The Morgan fingerprint density at radius 1 is 0.857 bits per heavy atom. The minimum atomic E-state index is 0.317. The summed E-state index contributed by atoms with van der Waals surface area (Å²) in [5.41, 5.74) is 8.42. The van der Waals surface area contributed by atoms with Crippen LogP contribution in [0.2, 0.25) is 0 Å². The van der Waals surface area contributed by atoms with Gasteiger partial charge in [-0.3, -0.25) is 4.90 Å². The zero-order valence-electron chi connectivity index (χ0n) is 16.0. The van der Waals surface area contributed by atoms with E-state index in [0.29, 0.717) is 12.5 Å². The third kappa shape index (κ3) is 3.28. The first-order chi connectivity index (χ1) is 13.8. The van der Waals surface area contributed by atoms with Crippen LogP contribution in [0.3, 0.4) is 0 Å². The first-order valence-corrected chi connectivity index (χ1v) is 9.99. The molecule has 8 heteroatoms. The molecule has 0 unspecified atom stereocenters. The molecule has 28 heavy (non-hydrogen) atoms. The van der Waals surface area contributed by atoms with Crippen molar-refractivity contribution >= 4 is 17.3 Å². The number of aromatic nitrogens is 2. The number of nitrogens with two attached hydrogens (primary N) is 1. The third-order valence-corrected chi connectivity index (χ3v) is 5.76. The molecular weight excluding hydrogens is 356 g/mol. The van der Waals surface area contributed by atoms with Crippen molar-refractivity contribution in [3.05, 3.63) is 30.1 Å². The molecule has 0 aliphatic carbocycles. The zero-order chi connectivity index (χ0) is 18.9. The number of hydrogen-bond acceptors (Lipinski definition) is 8. The Balaban J connectivity index is 1.23. The number of rotatable bonds is 4. The number of hydrogen-bond donors (Lipinski definition) is 1. The Bertz CT molecular complexity index is 847. The number of anilines is 3. The molecule has 3 aliphatic rings. The Hall–Kier alpha value is -2.74. The van der Waals surface area contributed by atoms with Crippen molar-refractivity contribution in [2.75, 3.05) is 61.6 Å². The van der Waals surface area contributed by atoms with Gasteiger partial charge < -0.3 is 25.0 Å². The molecule has 0 atom stereocenters. The van der Waals surface area contributed by atoms with E-state index < -0.39 is 0 Å². The van der Waals surface area contributed by atoms with Crippen LogP contribution in [0.4, 0.5) is 17.3 Å². The third-order valence-electron chi connectivity index (χ3n) is 5.76. The van der Waals surface area contributed by atoms with Gasteiger partial charge >= 0.3 is 0 Å². The highest BCUT2D eigenvalue weighted by Gasteiger charge is 2.24. The van der Waals surface area contributed by atoms with E-state index in [-0.39, 0.29) is 0 Å². The largest absolute Gasteiger partial charge is 0.454 e. The highest BCUT2D eigenvalue weighted by Crippen LogP contribution is 2.34. The molecule has 2 aromatic rings. The van der Waals surface area contributed by atoms with Crippen LogP contribution < -0.4 is 25.0 Å². The zero-order valence-corrected chi connectivity index (χ0v) is 16.0. The van der Waals surface area contributed by atoms with Crippen LogP contribution in [0.15, 0.2) is 24.5 Å². The average Bonchev–Trinajstić information content (AvgIpc) is 3.40. The topological polar surface area (TPSA) is 80.0 Å². The summed E-state index contributed by atoms with van der Waals surface area (Å²) in [6.07, 6.45) is 4.06. The van der Waals surface area contributed by atoms with E-state index in [1.807, 2.05) is 6.07 Å². The minimum absolute atomic E-state index is 0.317. The van der Waals surface area contributed by atoms with Crippen molar-refractivity contribution in [3.63, 3.8) is 0 Å². The van der Waals surface area contributed by atoms with Crippen LogP contribution >= 0.6 is 0 Å². The van der Waals surface area contributed by atoms with Gasteiger partial charge in [0.05, 0.1) is 0 Å². The predicted octanol–water partition coefficient (Wildman–Crippen LogP) is 1.71. The summed E-state index contributed by atoms with van der Waals surface area (Å²) in [6, 6.07) is 6.19. The molecule has 1 aromatic heterocycles. The fourth-order valence-corrected chi connectivity index (χ4v) is 4.23. The average molecular weight is 382 g/mol. The lowest BCUT2D eigenvalue weighted by molar-refractivity contribution is 0.174. The van der Waals surface area contributed by atoms with Crippen molar-refractivity contribution in [1.82, 2.24) is 14.9 Å². The van der Waals surface area contributed by atoms with Crippen LogP contribution in [0.1, 0.15) is 18.4 Å². The molecule has 0 bridgehead atoms. The summed E-state index contributed by atoms with van der Waals surface area (Å²) in [4.78, 5) is 16.0. The van der Waals surface area contributed by atoms with Gasteiger partial charge in [-0.2, -0.15) is 0 Å². The molecule has 8 nitrogen and oxygen atoms in total. The van der Waals surface area contributed by atoms with E-state index in [9.17, 15) is 0 Å². The number of fused-ring (bicyclic) bond motifs is 1. The maximum absolute atomic E-state index is 6.46. The molecule has 148 valence electrons. The monoisotopic (exact) mass is 382 g/mol. The minimum Gasteiger partial charge on any atom is -0.454 e. The second kappa shape index (κ2) is 7.35. The second-order valence-corrected chi connectivity index (χ2v) is 7.58. The summed E-state index contributed by atoms with van der Waals surface area (Å²) in [7, 11) is 0. The Kier molecular flexibility index (Phi) is 4.56. The Labute approximate surface area is 164 Å². The number of ether oxygens (including phenoxy) is 2. The molecule has 4 heterocycles. The smallest absolute Gasteiger partial charge is 0.231 e. The standard InChI is InChI=1S/C20H26N6O2/c21-18-19(25-5-1-2-6-25)22-13-23-20(18)26-9-7-24(8-10-26)12-15-3-4-16-17(11-15)28-14-27-16/h3-4,11,13H,1-2,5-10,12,14,21H2. The van der Waals surface area contributed by atoms with Gasteiger partial charge in [0, 0.05) is 45.8 Å². The molecule has 2 saturated heterocycles. The first-order valence-electron chi connectivity index (χ1n) is 9.99. The first kappa shape index (κ1) is 17.4. The second-order valence-electron chi connectivity index (χ2n) is 7.58. The van der Waals surface area contributed by atoms with Crippen molar-refractivity contribution in [3.8, 4) is 11.5 Å². The van der Waals surface area contributed by atoms with Crippen LogP contribution in [0.5, 0.6) is 11.5 Å². The fraction of sp³-hybridized carbons (Fsp3) is 0.500. The van der Waals surface area contributed by atoms with Gasteiger partial charge in [0.2, 0.25) is 6.79 Å². The molecule has 0 spiro atoms. The molecule has 2 N–H and O–H groups in total. The van der Waals surface area contributed by atoms with Gasteiger partial charge in [-0.15, -0.1) is 0 Å². The number of benzene rings is 1. The van der Waals surface area contributed by atoms with E-state index in [1.54, 1.807) is 6.33 Å². The Morgan fingerprint density at radius 2 is 1.54 bits per heavy atom. The fourth-order valence-electron chi connectivity index (χ4n) is 4.23. The molecule has 5 rings (SSSR count). The summed E-state index contributed by atoms with van der Waals surface area (Å²) in [5.74, 6) is 3.45. The molecule has 1 aromatic carbocycles. The van der Waals surface area contributed by atoms with Crippen molar-refractivity contribution < 1.29 is 9.47 Å². The lowest BCUT2D eigenvalue weighted by atomic mass is 10.1. The molecule has 0 amide bonds. The number of nitrogens with zero attached hydrogens (tertiary/aromatic N) is 5. The molecule has 0 saturated carbocycles. The lowest BCUT2D eigenvalue weighted by Gasteiger charge is -2.36. The van der Waals surface area contributed by atoms with Crippen molar-refractivity contribution in [2.45, 2.75) is 19.4 Å². The van der Waals surface area contributed by atoms with E-state index in [2.05, 4.69) is 36.8 Å². The van der Waals surface area contributed by atoms with Gasteiger partial charge in [0.25, 0.3) is 0 Å². The van der Waals surface area contributed by atoms with Crippen LogP contribution in [0.25, 0.3) is 0 Å². The molecule has 0 radical (unpaired) electrons. The maximum atomic E-state index is 6.46. The van der Waals surface area contributed by atoms with Crippen LogP contribution in [-0.2, 0) is 6.54 Å². The van der Waals surface area contributed by atoms with Gasteiger partial charge in [-0.1, -0.05) is 6.07 Å². The summed E-state index contributed by atoms with van der Waals surface area (Å²) < 4.78 is 10.9. The van der Waals surface area contributed by atoms with Gasteiger partial charge in [0.15, 0.2) is 23.1 Å². The SMILES string of the molecule is Nc1c(N2CCCC2)ncnc1N1CCN(Cc2ccc3c(c2)OCO3)CC1. The van der Waals surface area contributed by atoms with E-state index in [0.717, 1.165) is 68.9 Å². The van der Waals surface area contributed by atoms with Gasteiger partial charge in [-0.25, -0.2) is 9.97 Å². The highest BCUT2D eigenvalue weighted by molar-refractivity contribution is 5.76. The van der Waals surface area contributed by atoms with Crippen molar-refractivity contribution in [1.29, 1.82) is 0 Å². The molecular formula is C20H26N6O2. The molecule has 2 fully saturated rings. The van der Waals surface area contributed by atoms with Crippen LogP contribution in [0, 0.1) is 0 Å². The quantitative estimate of drug-likeness (QED) is 0.856. The molecule has 3 aliphatic heterocycles. The summed E-state index contributed by atoms with van der Waals surface area (Å²) in [6.45, 7) is 7.04. The Morgan fingerprint density at radius 3 is 2.29 bits per heavy atom. The maximum Gasteiger partial charge on any atom is 0.231 e. The number of nitrogen functional groups attached to an aromatic ring is 1. The lowest BCUT2D eigenvalue weighted by Crippen LogP contribution is -2.46.